The highest BCUT2D eigenvalue weighted by Gasteiger charge is 2.28. The van der Waals surface area contributed by atoms with Crippen LogP contribution >= 0.6 is 24.4 Å². The first-order valence-corrected chi connectivity index (χ1v) is 9.59. The van der Waals surface area contributed by atoms with Crippen molar-refractivity contribution in [2.24, 2.45) is 0 Å². The Labute approximate surface area is 151 Å². The van der Waals surface area contributed by atoms with Crippen LogP contribution in [0.4, 0.5) is 5.69 Å². The first-order valence-electron chi connectivity index (χ1n) is 8.03. The summed E-state index contributed by atoms with van der Waals surface area (Å²) in [5.74, 6) is 0.619. The lowest BCUT2D eigenvalue weighted by molar-refractivity contribution is -0.127. The van der Waals surface area contributed by atoms with Gasteiger partial charge in [0.15, 0.2) is 0 Å². The van der Waals surface area contributed by atoms with E-state index in [9.17, 15) is 9.59 Å². The molecule has 3 rings (SSSR count). The van der Waals surface area contributed by atoms with Gasteiger partial charge in [-0.3, -0.25) is 14.5 Å². The molecule has 2 aliphatic heterocycles. The second-order valence-corrected chi connectivity index (χ2v) is 7.84. The molecular formula is C16H22N4O2S2. The Bertz CT molecular complexity index is 590. The maximum atomic E-state index is 12.1. The Morgan fingerprint density at radius 2 is 2.00 bits per heavy atom. The third-order valence-electron chi connectivity index (χ3n) is 4.11. The number of benzene rings is 1. The van der Waals surface area contributed by atoms with Gasteiger partial charge in [0.25, 0.3) is 0 Å². The zero-order valence-electron chi connectivity index (χ0n) is 13.4. The smallest absolute Gasteiger partial charge is 0.238 e. The van der Waals surface area contributed by atoms with Crippen molar-refractivity contribution in [2.45, 2.75) is 11.3 Å². The number of carbonyl (C=O) groups is 2. The van der Waals surface area contributed by atoms with E-state index < -0.39 is 0 Å². The summed E-state index contributed by atoms with van der Waals surface area (Å²) >= 11 is 5.94. The van der Waals surface area contributed by atoms with E-state index in [2.05, 4.69) is 28.2 Å². The van der Waals surface area contributed by atoms with Crippen LogP contribution in [0.2, 0.25) is 0 Å². The van der Waals surface area contributed by atoms with Crippen LogP contribution in [0.15, 0.2) is 24.3 Å². The molecule has 0 saturated carbocycles. The van der Waals surface area contributed by atoms with Crippen LogP contribution in [0.1, 0.15) is 5.56 Å². The topological polar surface area (TPSA) is 64.7 Å². The van der Waals surface area contributed by atoms with Gasteiger partial charge in [0.1, 0.15) is 4.71 Å². The van der Waals surface area contributed by atoms with Gasteiger partial charge in [-0.1, -0.05) is 12.1 Å². The molecule has 0 spiro atoms. The van der Waals surface area contributed by atoms with E-state index in [1.807, 2.05) is 24.3 Å². The van der Waals surface area contributed by atoms with Crippen molar-refractivity contribution in [2.75, 3.05) is 43.8 Å². The third-order valence-corrected chi connectivity index (χ3v) is 5.80. The Kier molecular flexibility index (Phi) is 6.04. The van der Waals surface area contributed by atoms with Crippen LogP contribution in [0.5, 0.6) is 0 Å². The molecule has 8 heteroatoms. The van der Waals surface area contributed by atoms with Gasteiger partial charge < -0.3 is 15.5 Å². The van der Waals surface area contributed by atoms with Crippen molar-refractivity contribution in [1.82, 2.24) is 15.1 Å². The normalized spacial score (nSPS) is 22.0. The lowest BCUT2D eigenvalue weighted by atomic mass is 10.2. The molecule has 0 aromatic heterocycles. The van der Waals surface area contributed by atoms with Gasteiger partial charge in [-0.25, -0.2) is 0 Å². The van der Waals surface area contributed by atoms with Crippen LogP contribution in [0, 0.1) is 0 Å². The van der Waals surface area contributed by atoms with Gasteiger partial charge in [-0.2, -0.15) is 0 Å². The molecule has 2 fully saturated rings. The Balaban J connectivity index is 1.50. The minimum atomic E-state index is -0.0732. The van der Waals surface area contributed by atoms with Gasteiger partial charge in [-0.05, 0) is 17.7 Å². The number of piperazine rings is 1. The summed E-state index contributed by atoms with van der Waals surface area (Å²) in [6, 6.07) is 7.65. The molecule has 1 aromatic rings. The third kappa shape index (κ3) is 4.66. The second kappa shape index (κ2) is 8.24. The number of thioether (sulfide) groups is 1. The van der Waals surface area contributed by atoms with Crippen molar-refractivity contribution >= 4 is 41.9 Å². The van der Waals surface area contributed by atoms with E-state index >= 15 is 0 Å². The average Bonchev–Trinajstić information content (AvgIpc) is 2.89. The van der Waals surface area contributed by atoms with Gasteiger partial charge in [-0.15, -0.1) is 24.4 Å². The summed E-state index contributed by atoms with van der Waals surface area (Å²) < 4.78 is -0.0732. The van der Waals surface area contributed by atoms with Crippen molar-refractivity contribution in [3.05, 3.63) is 29.8 Å². The van der Waals surface area contributed by atoms with Gasteiger partial charge in [0.2, 0.25) is 11.8 Å². The fraction of sp³-hybridized carbons (Fsp3) is 0.500. The minimum absolute atomic E-state index is 0.00573. The molecule has 1 atom stereocenters. The standard InChI is InChI=1S/C16H22N4O2S2/c21-14(10-19-7-5-17-6-8-19)18-13-3-1-12(2-4-13)9-20-15(22)11-24-16(20)23/h1-4,16-17,23H,5-11H2,(H,18,21). The fourth-order valence-corrected chi connectivity index (χ4v) is 4.03. The number of hydrogen-bond acceptors (Lipinski definition) is 6. The number of amides is 2. The van der Waals surface area contributed by atoms with Gasteiger partial charge in [0.05, 0.1) is 12.3 Å². The van der Waals surface area contributed by atoms with Crippen LogP contribution in [-0.4, -0.2) is 64.8 Å². The predicted octanol–water partition coefficient (Wildman–Crippen LogP) is 0.819. The molecule has 2 amide bonds. The first kappa shape index (κ1) is 17.6. The number of nitrogens with zero attached hydrogens (tertiary/aromatic N) is 2. The summed E-state index contributed by atoms with van der Waals surface area (Å²) in [7, 11) is 0. The Morgan fingerprint density at radius 3 is 2.62 bits per heavy atom. The zero-order chi connectivity index (χ0) is 16.9. The molecule has 2 saturated heterocycles. The van der Waals surface area contributed by atoms with E-state index in [0.717, 1.165) is 37.4 Å². The Morgan fingerprint density at radius 1 is 1.29 bits per heavy atom. The fourth-order valence-electron chi connectivity index (χ4n) is 2.77. The number of hydrogen-bond donors (Lipinski definition) is 3. The molecule has 6 nitrogen and oxygen atoms in total. The molecule has 1 unspecified atom stereocenters. The monoisotopic (exact) mass is 366 g/mol. The van der Waals surface area contributed by atoms with E-state index in [0.29, 0.717) is 18.8 Å². The zero-order valence-corrected chi connectivity index (χ0v) is 15.1. The van der Waals surface area contributed by atoms with E-state index in [4.69, 9.17) is 0 Å². The molecule has 0 bridgehead atoms. The quantitative estimate of drug-likeness (QED) is 0.674. The maximum absolute atomic E-state index is 12.1. The van der Waals surface area contributed by atoms with Crippen LogP contribution < -0.4 is 10.6 Å². The van der Waals surface area contributed by atoms with Gasteiger partial charge >= 0.3 is 0 Å². The van der Waals surface area contributed by atoms with E-state index in [1.54, 1.807) is 4.90 Å². The van der Waals surface area contributed by atoms with Crippen LogP contribution in [0.25, 0.3) is 0 Å². The summed E-state index contributed by atoms with van der Waals surface area (Å²) in [5.41, 5.74) is 1.81. The average molecular weight is 367 g/mol. The first-order chi connectivity index (χ1) is 11.6. The molecule has 130 valence electrons. The lowest BCUT2D eigenvalue weighted by Gasteiger charge is -2.26. The van der Waals surface area contributed by atoms with Crippen molar-refractivity contribution in [3.63, 3.8) is 0 Å². The minimum Gasteiger partial charge on any atom is -0.325 e. The molecule has 2 aliphatic rings. The highest BCUT2D eigenvalue weighted by molar-refractivity contribution is 8.11. The number of anilines is 1. The number of carbonyl (C=O) groups excluding carboxylic acids is 2. The molecule has 2 N–H and O–H groups in total. The molecular weight excluding hydrogens is 344 g/mol. The van der Waals surface area contributed by atoms with Crippen molar-refractivity contribution < 1.29 is 9.59 Å². The van der Waals surface area contributed by atoms with E-state index in [-0.39, 0.29) is 16.5 Å². The summed E-state index contributed by atoms with van der Waals surface area (Å²) in [4.78, 5) is 27.8. The molecule has 24 heavy (non-hydrogen) atoms. The Hall–Kier alpha value is -1.22. The summed E-state index contributed by atoms with van der Waals surface area (Å²) in [6.07, 6.45) is 0. The van der Waals surface area contributed by atoms with Crippen LogP contribution in [-0.2, 0) is 16.1 Å². The maximum Gasteiger partial charge on any atom is 0.238 e. The molecule has 0 aliphatic carbocycles. The largest absolute Gasteiger partial charge is 0.325 e. The second-order valence-electron chi connectivity index (χ2n) is 5.93. The molecule has 0 radical (unpaired) electrons. The van der Waals surface area contributed by atoms with Crippen molar-refractivity contribution in [1.29, 1.82) is 0 Å². The number of thiol groups is 1. The summed E-state index contributed by atoms with van der Waals surface area (Å²) in [5, 5.41) is 6.20. The number of nitrogens with one attached hydrogen (secondary N) is 2. The number of rotatable bonds is 5. The van der Waals surface area contributed by atoms with Gasteiger partial charge in [0, 0.05) is 38.4 Å². The SMILES string of the molecule is O=C(CN1CCNCC1)Nc1ccc(CN2C(=O)CSC2S)cc1. The summed E-state index contributed by atoms with van der Waals surface area (Å²) in [6.45, 7) is 4.64. The van der Waals surface area contributed by atoms with Crippen molar-refractivity contribution in [3.8, 4) is 0 Å². The highest BCUT2D eigenvalue weighted by atomic mass is 32.2. The van der Waals surface area contributed by atoms with E-state index in [1.165, 1.54) is 11.8 Å². The molecule has 2 heterocycles. The lowest BCUT2D eigenvalue weighted by Crippen LogP contribution is -2.46. The molecule has 1 aromatic carbocycles. The highest BCUT2D eigenvalue weighted by Crippen LogP contribution is 2.29. The van der Waals surface area contributed by atoms with Crippen LogP contribution in [0.3, 0.4) is 0 Å². The predicted molar refractivity (Wildman–Crippen MR) is 100 cm³/mol.